The van der Waals surface area contributed by atoms with E-state index in [9.17, 15) is 18.0 Å². The molecule has 1 aliphatic heterocycles. The molecule has 6 heteroatoms. The molecular weight excluding hydrogens is 213 g/mol. The molecule has 1 unspecified atom stereocenters. The maximum Gasteiger partial charge on any atom is 0.404 e. The van der Waals surface area contributed by atoms with Crippen molar-refractivity contribution in [2.45, 2.75) is 39.2 Å². The van der Waals surface area contributed by atoms with Crippen molar-refractivity contribution in [2.24, 2.45) is 5.41 Å². The summed E-state index contributed by atoms with van der Waals surface area (Å²) in [5.74, 6) is -1.29. The quantitative estimate of drug-likeness (QED) is 0.677. The van der Waals surface area contributed by atoms with E-state index in [4.69, 9.17) is 4.74 Å². The van der Waals surface area contributed by atoms with Crippen LogP contribution in [0.4, 0.5) is 13.2 Å². The van der Waals surface area contributed by atoms with Crippen LogP contribution in [0.3, 0.4) is 0 Å². The lowest BCUT2D eigenvalue weighted by atomic mass is 9.93. The molecule has 0 aliphatic carbocycles. The summed E-state index contributed by atoms with van der Waals surface area (Å²) in [5.41, 5.74) is -2.49. The normalized spacial score (nSPS) is 22.9. The van der Waals surface area contributed by atoms with Gasteiger partial charge in [-0.2, -0.15) is 13.2 Å². The standard InChI is InChI=1S/C9H13F3O3/c1-8(2,9(10,11)12)7(13)15-6-4-3-5-14-6/h6H,3-5H2,1-2H3. The Kier molecular flexibility index (Phi) is 3.28. The second-order valence-electron chi connectivity index (χ2n) is 3.97. The third-order valence-corrected chi connectivity index (χ3v) is 2.35. The summed E-state index contributed by atoms with van der Waals surface area (Å²) in [6.07, 6.45) is -4.27. The van der Waals surface area contributed by atoms with Crippen molar-refractivity contribution in [1.29, 1.82) is 0 Å². The summed E-state index contributed by atoms with van der Waals surface area (Å²) in [6, 6.07) is 0. The summed E-state index contributed by atoms with van der Waals surface area (Å²) >= 11 is 0. The van der Waals surface area contributed by atoms with Gasteiger partial charge in [-0.25, -0.2) is 0 Å². The minimum absolute atomic E-state index is 0.421. The van der Waals surface area contributed by atoms with Gasteiger partial charge in [0.2, 0.25) is 6.29 Å². The second kappa shape index (κ2) is 4.00. The van der Waals surface area contributed by atoms with Crippen LogP contribution in [0.1, 0.15) is 26.7 Å². The first-order chi connectivity index (χ1) is 6.75. The van der Waals surface area contributed by atoms with Gasteiger partial charge in [-0.1, -0.05) is 0 Å². The van der Waals surface area contributed by atoms with Crippen molar-refractivity contribution in [3.05, 3.63) is 0 Å². The molecule has 1 rings (SSSR count). The highest BCUT2D eigenvalue weighted by atomic mass is 19.4. The lowest BCUT2D eigenvalue weighted by Crippen LogP contribution is -2.42. The zero-order chi connectivity index (χ0) is 11.7. The molecule has 0 amide bonds. The number of alkyl halides is 3. The van der Waals surface area contributed by atoms with E-state index in [1.165, 1.54) is 0 Å². The molecule has 1 aliphatic rings. The topological polar surface area (TPSA) is 35.5 Å². The molecule has 0 aromatic heterocycles. The van der Waals surface area contributed by atoms with E-state index in [-0.39, 0.29) is 0 Å². The van der Waals surface area contributed by atoms with Crippen LogP contribution in [-0.2, 0) is 14.3 Å². The van der Waals surface area contributed by atoms with Gasteiger partial charge in [0.15, 0.2) is 5.41 Å². The highest BCUT2D eigenvalue weighted by Crippen LogP contribution is 2.39. The Bertz CT molecular complexity index is 241. The fourth-order valence-electron chi connectivity index (χ4n) is 1.02. The van der Waals surface area contributed by atoms with Crippen LogP contribution in [-0.4, -0.2) is 25.0 Å². The average molecular weight is 226 g/mol. The van der Waals surface area contributed by atoms with Crippen LogP contribution in [0.5, 0.6) is 0 Å². The van der Waals surface area contributed by atoms with Crippen molar-refractivity contribution in [1.82, 2.24) is 0 Å². The second-order valence-corrected chi connectivity index (χ2v) is 3.97. The fourth-order valence-corrected chi connectivity index (χ4v) is 1.02. The number of carbonyl (C=O) groups excluding carboxylic acids is 1. The summed E-state index contributed by atoms with van der Waals surface area (Å²) in [7, 11) is 0. The number of esters is 1. The molecule has 3 nitrogen and oxygen atoms in total. The van der Waals surface area contributed by atoms with E-state index in [0.29, 0.717) is 19.4 Å². The van der Waals surface area contributed by atoms with Crippen molar-refractivity contribution >= 4 is 5.97 Å². The lowest BCUT2D eigenvalue weighted by molar-refractivity contribution is -0.236. The Hall–Kier alpha value is -0.780. The largest absolute Gasteiger partial charge is 0.435 e. The lowest BCUT2D eigenvalue weighted by Gasteiger charge is -2.26. The van der Waals surface area contributed by atoms with Crippen LogP contribution in [0.25, 0.3) is 0 Å². The van der Waals surface area contributed by atoms with Gasteiger partial charge < -0.3 is 9.47 Å². The molecule has 0 aromatic rings. The number of rotatable bonds is 2. The predicted octanol–water partition coefficient (Wildman–Crippen LogP) is 2.25. The number of halogens is 3. The van der Waals surface area contributed by atoms with E-state index in [1.54, 1.807) is 0 Å². The molecule has 1 heterocycles. The van der Waals surface area contributed by atoms with E-state index in [2.05, 4.69) is 4.74 Å². The number of carbonyl (C=O) groups is 1. The number of hydrogen-bond acceptors (Lipinski definition) is 3. The summed E-state index contributed by atoms with van der Waals surface area (Å²) in [6.45, 7) is 2.01. The zero-order valence-electron chi connectivity index (χ0n) is 8.56. The summed E-state index contributed by atoms with van der Waals surface area (Å²) in [5, 5.41) is 0. The summed E-state index contributed by atoms with van der Waals surface area (Å²) < 4.78 is 46.8. The minimum Gasteiger partial charge on any atom is -0.435 e. The van der Waals surface area contributed by atoms with Crippen LogP contribution in [0.2, 0.25) is 0 Å². The van der Waals surface area contributed by atoms with Crippen molar-refractivity contribution in [3.63, 3.8) is 0 Å². The van der Waals surface area contributed by atoms with Crippen molar-refractivity contribution in [3.8, 4) is 0 Å². The smallest absolute Gasteiger partial charge is 0.404 e. The maximum atomic E-state index is 12.4. The highest BCUT2D eigenvalue weighted by Gasteiger charge is 2.54. The van der Waals surface area contributed by atoms with Crippen LogP contribution < -0.4 is 0 Å². The van der Waals surface area contributed by atoms with Crippen molar-refractivity contribution in [2.75, 3.05) is 6.61 Å². The van der Waals surface area contributed by atoms with Gasteiger partial charge in [0.25, 0.3) is 0 Å². The molecule has 0 bridgehead atoms. The first-order valence-corrected chi connectivity index (χ1v) is 4.64. The SMILES string of the molecule is CC(C)(C(=O)OC1CCCO1)C(F)(F)F. The monoisotopic (exact) mass is 226 g/mol. The highest BCUT2D eigenvalue weighted by molar-refractivity contribution is 5.77. The molecule has 0 saturated carbocycles. The van der Waals surface area contributed by atoms with Gasteiger partial charge in [-0.3, -0.25) is 4.79 Å². The van der Waals surface area contributed by atoms with Gasteiger partial charge in [0, 0.05) is 6.42 Å². The molecule has 0 aromatic carbocycles. The Balaban J connectivity index is 2.59. The van der Waals surface area contributed by atoms with Gasteiger partial charge in [0.1, 0.15) is 0 Å². The first kappa shape index (κ1) is 12.3. The average Bonchev–Trinajstić information content (AvgIpc) is 2.54. The Labute approximate surface area is 85.5 Å². The minimum atomic E-state index is -4.61. The van der Waals surface area contributed by atoms with E-state index < -0.39 is 23.9 Å². The first-order valence-electron chi connectivity index (χ1n) is 4.64. The predicted molar refractivity (Wildman–Crippen MR) is 44.9 cm³/mol. The third-order valence-electron chi connectivity index (χ3n) is 2.35. The van der Waals surface area contributed by atoms with Gasteiger partial charge >= 0.3 is 12.1 Å². The van der Waals surface area contributed by atoms with E-state index in [1.807, 2.05) is 0 Å². The molecule has 0 spiro atoms. The Morgan fingerprint density at radius 3 is 2.40 bits per heavy atom. The van der Waals surface area contributed by atoms with Crippen LogP contribution in [0, 0.1) is 5.41 Å². The van der Waals surface area contributed by atoms with E-state index in [0.717, 1.165) is 13.8 Å². The molecule has 1 atom stereocenters. The third kappa shape index (κ3) is 2.62. The van der Waals surface area contributed by atoms with Crippen molar-refractivity contribution < 1.29 is 27.4 Å². The molecule has 1 saturated heterocycles. The molecule has 0 radical (unpaired) electrons. The number of hydrogen-bond donors (Lipinski definition) is 0. The van der Waals surface area contributed by atoms with Crippen LogP contribution >= 0.6 is 0 Å². The van der Waals surface area contributed by atoms with Gasteiger partial charge in [-0.15, -0.1) is 0 Å². The van der Waals surface area contributed by atoms with E-state index >= 15 is 0 Å². The molecule has 1 fully saturated rings. The number of ether oxygens (including phenoxy) is 2. The summed E-state index contributed by atoms with van der Waals surface area (Å²) in [4.78, 5) is 11.2. The Morgan fingerprint density at radius 1 is 1.40 bits per heavy atom. The fraction of sp³-hybridized carbons (Fsp3) is 0.889. The van der Waals surface area contributed by atoms with Gasteiger partial charge in [0.05, 0.1) is 6.61 Å². The van der Waals surface area contributed by atoms with Gasteiger partial charge in [-0.05, 0) is 20.3 Å². The molecule has 0 N–H and O–H groups in total. The molecular formula is C9H13F3O3. The Morgan fingerprint density at radius 2 is 2.00 bits per heavy atom. The maximum absolute atomic E-state index is 12.4. The van der Waals surface area contributed by atoms with Crippen LogP contribution in [0.15, 0.2) is 0 Å². The molecule has 15 heavy (non-hydrogen) atoms. The zero-order valence-corrected chi connectivity index (χ0v) is 8.56. The molecule has 88 valence electrons.